The largest absolute Gasteiger partial charge is 0.399 e. The van der Waals surface area contributed by atoms with E-state index in [1.54, 1.807) is 0 Å². The van der Waals surface area contributed by atoms with Gasteiger partial charge in [-0.25, -0.2) is 0 Å². The SMILES string of the molecule is CC1(C)O[C@@H]([C@H](N)Cc2ccc(N)cc2)[C@H]([C@H](N)Cc2ccc(N)cc2)O1. The molecule has 4 atom stereocenters. The molecule has 0 radical (unpaired) electrons. The normalized spacial score (nSPS) is 23.9. The van der Waals surface area contributed by atoms with Crippen LogP contribution >= 0.6 is 0 Å². The van der Waals surface area contributed by atoms with Crippen molar-refractivity contribution < 1.29 is 9.47 Å². The number of nitrogen functional groups attached to an aromatic ring is 2. The van der Waals surface area contributed by atoms with Crippen molar-refractivity contribution in [2.45, 2.75) is 56.8 Å². The third-order valence-electron chi connectivity index (χ3n) is 4.91. The molecule has 6 nitrogen and oxygen atoms in total. The molecule has 1 fully saturated rings. The van der Waals surface area contributed by atoms with Crippen LogP contribution in [0, 0.1) is 0 Å². The molecule has 6 heteroatoms. The smallest absolute Gasteiger partial charge is 0.163 e. The number of hydrogen-bond acceptors (Lipinski definition) is 6. The molecule has 0 aromatic heterocycles. The Morgan fingerprint density at radius 2 is 1.07 bits per heavy atom. The summed E-state index contributed by atoms with van der Waals surface area (Å²) in [7, 11) is 0. The summed E-state index contributed by atoms with van der Waals surface area (Å²) >= 11 is 0. The van der Waals surface area contributed by atoms with Crippen molar-refractivity contribution in [2.75, 3.05) is 11.5 Å². The quantitative estimate of drug-likeness (QED) is 0.575. The zero-order chi connectivity index (χ0) is 19.6. The number of ether oxygens (including phenoxy) is 2. The van der Waals surface area contributed by atoms with Crippen molar-refractivity contribution >= 4 is 11.4 Å². The van der Waals surface area contributed by atoms with E-state index in [1.807, 2.05) is 62.4 Å². The molecule has 3 rings (SSSR count). The van der Waals surface area contributed by atoms with Crippen molar-refractivity contribution in [1.82, 2.24) is 0 Å². The first kappa shape index (κ1) is 19.6. The first-order chi connectivity index (χ1) is 12.7. The van der Waals surface area contributed by atoms with Crippen LogP contribution < -0.4 is 22.9 Å². The molecule has 0 spiro atoms. The van der Waals surface area contributed by atoms with E-state index in [2.05, 4.69) is 0 Å². The predicted molar refractivity (Wildman–Crippen MR) is 109 cm³/mol. The van der Waals surface area contributed by atoms with Crippen LogP contribution in [0.2, 0.25) is 0 Å². The summed E-state index contributed by atoms with van der Waals surface area (Å²) in [5.74, 6) is -0.715. The number of anilines is 2. The minimum atomic E-state index is -0.715. The number of nitrogens with two attached hydrogens (primary N) is 4. The van der Waals surface area contributed by atoms with E-state index in [-0.39, 0.29) is 24.3 Å². The maximum Gasteiger partial charge on any atom is 0.163 e. The van der Waals surface area contributed by atoms with Gasteiger partial charge in [0.05, 0.1) is 0 Å². The van der Waals surface area contributed by atoms with Gasteiger partial charge in [-0.2, -0.15) is 0 Å². The van der Waals surface area contributed by atoms with Gasteiger partial charge in [-0.05, 0) is 62.1 Å². The van der Waals surface area contributed by atoms with Gasteiger partial charge in [0.2, 0.25) is 0 Å². The van der Waals surface area contributed by atoms with Crippen LogP contribution in [0.25, 0.3) is 0 Å². The van der Waals surface area contributed by atoms with Crippen LogP contribution in [0.3, 0.4) is 0 Å². The Labute approximate surface area is 160 Å². The Kier molecular flexibility index (Phi) is 5.72. The van der Waals surface area contributed by atoms with Gasteiger partial charge in [0.25, 0.3) is 0 Å². The monoisotopic (exact) mass is 370 g/mol. The van der Waals surface area contributed by atoms with Gasteiger partial charge in [-0.15, -0.1) is 0 Å². The van der Waals surface area contributed by atoms with E-state index >= 15 is 0 Å². The molecule has 1 saturated heterocycles. The summed E-state index contributed by atoms with van der Waals surface area (Å²) < 4.78 is 12.3. The molecule has 0 amide bonds. The predicted octanol–water partition coefficient (Wildman–Crippen LogP) is 1.81. The average molecular weight is 370 g/mol. The molecule has 146 valence electrons. The van der Waals surface area contributed by atoms with Gasteiger partial charge in [0, 0.05) is 23.5 Å². The van der Waals surface area contributed by atoms with Gasteiger partial charge in [-0.1, -0.05) is 24.3 Å². The van der Waals surface area contributed by atoms with Crippen molar-refractivity contribution in [1.29, 1.82) is 0 Å². The lowest BCUT2D eigenvalue weighted by molar-refractivity contribution is -0.149. The minimum absolute atomic E-state index is 0.238. The van der Waals surface area contributed by atoms with Gasteiger partial charge in [-0.3, -0.25) is 0 Å². The molecule has 0 saturated carbocycles. The lowest BCUT2D eigenvalue weighted by Gasteiger charge is -2.27. The van der Waals surface area contributed by atoms with E-state index in [0.717, 1.165) is 22.5 Å². The molecular formula is C21H30N4O2. The topological polar surface area (TPSA) is 123 Å². The molecule has 2 aromatic rings. The second-order valence-corrected chi connectivity index (χ2v) is 7.78. The van der Waals surface area contributed by atoms with Crippen molar-refractivity contribution in [3.05, 3.63) is 59.7 Å². The number of hydrogen-bond donors (Lipinski definition) is 4. The highest BCUT2D eigenvalue weighted by molar-refractivity contribution is 5.40. The highest BCUT2D eigenvalue weighted by Crippen LogP contribution is 2.32. The number of benzene rings is 2. The maximum absolute atomic E-state index is 6.50. The summed E-state index contributed by atoms with van der Waals surface area (Å²) in [6, 6.07) is 15.0. The van der Waals surface area contributed by atoms with Crippen LogP contribution in [0.4, 0.5) is 11.4 Å². The summed E-state index contributed by atoms with van der Waals surface area (Å²) in [5.41, 5.74) is 28.2. The van der Waals surface area contributed by atoms with Crippen LogP contribution in [0.15, 0.2) is 48.5 Å². The summed E-state index contributed by atoms with van der Waals surface area (Å²) in [6.45, 7) is 3.79. The van der Waals surface area contributed by atoms with Gasteiger partial charge < -0.3 is 32.4 Å². The molecule has 0 unspecified atom stereocenters. The second-order valence-electron chi connectivity index (χ2n) is 7.78. The third kappa shape index (κ3) is 4.99. The van der Waals surface area contributed by atoms with Crippen molar-refractivity contribution in [3.63, 3.8) is 0 Å². The molecule has 27 heavy (non-hydrogen) atoms. The van der Waals surface area contributed by atoms with Crippen LogP contribution in [0.5, 0.6) is 0 Å². The third-order valence-corrected chi connectivity index (χ3v) is 4.91. The Morgan fingerprint density at radius 3 is 1.41 bits per heavy atom. The lowest BCUT2D eigenvalue weighted by atomic mass is 9.92. The van der Waals surface area contributed by atoms with Gasteiger partial charge in [0.1, 0.15) is 12.2 Å². The fourth-order valence-corrected chi connectivity index (χ4v) is 3.56. The molecule has 1 aliphatic rings. The molecule has 8 N–H and O–H groups in total. The Bertz CT molecular complexity index is 682. The van der Waals surface area contributed by atoms with Crippen LogP contribution in [-0.2, 0) is 22.3 Å². The van der Waals surface area contributed by atoms with E-state index in [1.165, 1.54) is 0 Å². The minimum Gasteiger partial charge on any atom is -0.399 e. The highest BCUT2D eigenvalue weighted by Gasteiger charge is 2.46. The molecule has 1 heterocycles. The van der Waals surface area contributed by atoms with E-state index in [9.17, 15) is 0 Å². The average Bonchev–Trinajstić information content (AvgIpc) is 2.95. The standard InChI is InChI=1S/C21H30N4O2/c1-21(2)26-19(17(24)11-13-3-7-15(22)8-4-13)20(27-21)18(25)12-14-5-9-16(23)10-6-14/h3-10,17-20H,11-12,22-25H2,1-2H3/t17-,18-,19+,20+/m1/s1. The summed E-state index contributed by atoms with van der Waals surface area (Å²) in [5, 5.41) is 0. The summed E-state index contributed by atoms with van der Waals surface area (Å²) in [4.78, 5) is 0. The van der Waals surface area contributed by atoms with Gasteiger partial charge >= 0.3 is 0 Å². The van der Waals surface area contributed by atoms with Crippen molar-refractivity contribution in [3.8, 4) is 0 Å². The zero-order valence-electron chi connectivity index (χ0n) is 16.0. The lowest BCUT2D eigenvalue weighted by Crippen LogP contribution is -2.51. The fraction of sp³-hybridized carbons (Fsp3) is 0.429. The molecule has 2 aromatic carbocycles. The highest BCUT2D eigenvalue weighted by atomic mass is 16.8. The number of rotatable bonds is 6. The van der Waals surface area contributed by atoms with Crippen molar-refractivity contribution in [2.24, 2.45) is 11.5 Å². The molecular weight excluding hydrogens is 340 g/mol. The Balaban J connectivity index is 1.71. The first-order valence-electron chi connectivity index (χ1n) is 9.29. The zero-order valence-corrected chi connectivity index (χ0v) is 16.0. The maximum atomic E-state index is 6.50. The molecule has 1 aliphatic heterocycles. The molecule has 0 aliphatic carbocycles. The second kappa shape index (κ2) is 7.86. The van der Waals surface area contributed by atoms with Crippen LogP contribution in [0.1, 0.15) is 25.0 Å². The van der Waals surface area contributed by atoms with E-state index < -0.39 is 5.79 Å². The Morgan fingerprint density at radius 1 is 0.741 bits per heavy atom. The van der Waals surface area contributed by atoms with E-state index in [0.29, 0.717) is 12.8 Å². The van der Waals surface area contributed by atoms with Gasteiger partial charge in [0.15, 0.2) is 5.79 Å². The fourth-order valence-electron chi connectivity index (χ4n) is 3.56. The summed E-state index contributed by atoms with van der Waals surface area (Å²) in [6.07, 6.45) is 0.743. The Hall–Kier alpha value is -2.12. The molecule has 0 bridgehead atoms. The van der Waals surface area contributed by atoms with E-state index in [4.69, 9.17) is 32.4 Å². The first-order valence-corrected chi connectivity index (χ1v) is 9.29. The van der Waals surface area contributed by atoms with Crippen LogP contribution in [-0.4, -0.2) is 30.1 Å².